The SMILES string of the molecule is CCN(CC)CCn1c(NC(=O)C(C)n2cc([N+](=O)[O-])cn2)nc2ccccc21. The van der Waals surface area contributed by atoms with Crippen LogP contribution >= 0.6 is 0 Å². The number of anilines is 1. The third kappa shape index (κ3) is 4.43. The summed E-state index contributed by atoms with van der Waals surface area (Å²) in [5.41, 5.74) is 1.58. The molecule has 0 aliphatic rings. The van der Waals surface area contributed by atoms with Gasteiger partial charge in [-0.15, -0.1) is 0 Å². The monoisotopic (exact) mass is 399 g/mol. The smallest absolute Gasteiger partial charge is 0.307 e. The number of benzene rings is 1. The standard InChI is InChI=1S/C19H25N7O3/c1-4-23(5-2)10-11-24-17-9-7-6-8-16(17)21-19(24)22-18(27)14(3)25-13-15(12-20-25)26(28)29/h6-9,12-14H,4-5,10-11H2,1-3H3,(H,21,22,27). The van der Waals surface area contributed by atoms with Crippen molar-refractivity contribution in [3.63, 3.8) is 0 Å². The molecule has 0 bridgehead atoms. The van der Waals surface area contributed by atoms with Crippen LogP contribution in [0.2, 0.25) is 0 Å². The normalized spacial score (nSPS) is 12.4. The Morgan fingerprint density at radius 2 is 2.03 bits per heavy atom. The lowest BCUT2D eigenvalue weighted by Crippen LogP contribution is -2.29. The van der Waals surface area contributed by atoms with Gasteiger partial charge in [-0.05, 0) is 32.1 Å². The molecule has 29 heavy (non-hydrogen) atoms. The summed E-state index contributed by atoms with van der Waals surface area (Å²) in [6, 6.07) is 7.00. The topological polar surface area (TPSA) is 111 Å². The highest BCUT2D eigenvalue weighted by atomic mass is 16.6. The summed E-state index contributed by atoms with van der Waals surface area (Å²) in [4.78, 5) is 29.9. The van der Waals surface area contributed by atoms with E-state index in [1.807, 2.05) is 28.8 Å². The summed E-state index contributed by atoms with van der Waals surface area (Å²) in [6.45, 7) is 9.26. The molecule has 2 aromatic heterocycles. The maximum atomic E-state index is 12.8. The van der Waals surface area contributed by atoms with Crippen LogP contribution in [0.3, 0.4) is 0 Å². The molecule has 0 spiro atoms. The minimum absolute atomic E-state index is 0.156. The first-order chi connectivity index (χ1) is 13.9. The van der Waals surface area contributed by atoms with E-state index in [0.717, 1.165) is 36.9 Å². The summed E-state index contributed by atoms with van der Waals surface area (Å²) in [7, 11) is 0. The molecule has 3 aromatic rings. The Bertz CT molecular complexity index is 1010. The van der Waals surface area contributed by atoms with Crippen molar-refractivity contribution in [2.75, 3.05) is 25.0 Å². The van der Waals surface area contributed by atoms with Gasteiger partial charge in [-0.25, -0.2) is 4.98 Å². The first kappa shape index (κ1) is 20.5. The highest BCUT2D eigenvalue weighted by Crippen LogP contribution is 2.21. The van der Waals surface area contributed by atoms with E-state index in [1.54, 1.807) is 6.92 Å². The maximum Gasteiger partial charge on any atom is 0.307 e. The summed E-state index contributed by atoms with van der Waals surface area (Å²) in [5, 5.41) is 17.6. The van der Waals surface area contributed by atoms with Crippen molar-refractivity contribution in [1.82, 2.24) is 24.2 Å². The van der Waals surface area contributed by atoms with Crippen molar-refractivity contribution in [3.8, 4) is 0 Å². The lowest BCUT2D eigenvalue weighted by molar-refractivity contribution is -0.385. The number of hydrogen-bond acceptors (Lipinski definition) is 6. The van der Waals surface area contributed by atoms with Crippen molar-refractivity contribution < 1.29 is 9.72 Å². The Kier molecular flexibility index (Phi) is 6.23. The van der Waals surface area contributed by atoms with Gasteiger partial charge in [0, 0.05) is 13.1 Å². The molecule has 10 nitrogen and oxygen atoms in total. The van der Waals surface area contributed by atoms with Crippen molar-refractivity contribution in [2.24, 2.45) is 0 Å². The Hall–Kier alpha value is -3.27. The number of para-hydroxylation sites is 2. The van der Waals surface area contributed by atoms with Crippen LogP contribution in [-0.2, 0) is 11.3 Å². The number of aromatic nitrogens is 4. The molecule has 10 heteroatoms. The molecule has 1 amide bonds. The van der Waals surface area contributed by atoms with Gasteiger partial charge in [0.2, 0.25) is 5.95 Å². The predicted octanol–water partition coefficient (Wildman–Crippen LogP) is 2.68. The number of nitro groups is 1. The van der Waals surface area contributed by atoms with Gasteiger partial charge < -0.3 is 9.47 Å². The molecular weight excluding hydrogens is 374 g/mol. The van der Waals surface area contributed by atoms with E-state index < -0.39 is 11.0 Å². The lowest BCUT2D eigenvalue weighted by Gasteiger charge is -2.19. The van der Waals surface area contributed by atoms with Crippen LogP contribution in [0.25, 0.3) is 11.0 Å². The van der Waals surface area contributed by atoms with E-state index in [1.165, 1.54) is 10.9 Å². The number of nitrogens with one attached hydrogen (secondary N) is 1. The Balaban J connectivity index is 1.83. The molecule has 1 N–H and O–H groups in total. The lowest BCUT2D eigenvalue weighted by atomic mass is 10.3. The van der Waals surface area contributed by atoms with Crippen LogP contribution in [0, 0.1) is 10.1 Å². The molecule has 0 fully saturated rings. The zero-order valence-corrected chi connectivity index (χ0v) is 16.8. The second kappa shape index (κ2) is 8.82. The number of carbonyl (C=O) groups is 1. The largest absolute Gasteiger partial charge is 0.309 e. The number of fused-ring (bicyclic) bond motifs is 1. The van der Waals surface area contributed by atoms with Gasteiger partial charge in [-0.1, -0.05) is 26.0 Å². The van der Waals surface area contributed by atoms with Crippen molar-refractivity contribution in [1.29, 1.82) is 0 Å². The molecule has 2 heterocycles. The Morgan fingerprint density at radius 3 is 2.69 bits per heavy atom. The maximum absolute atomic E-state index is 12.8. The number of hydrogen-bond donors (Lipinski definition) is 1. The van der Waals surface area contributed by atoms with Gasteiger partial charge in [-0.2, -0.15) is 5.10 Å². The predicted molar refractivity (Wildman–Crippen MR) is 110 cm³/mol. The molecule has 3 rings (SSSR count). The van der Waals surface area contributed by atoms with Gasteiger partial charge in [0.1, 0.15) is 18.4 Å². The van der Waals surface area contributed by atoms with Gasteiger partial charge in [0.05, 0.1) is 16.0 Å². The first-order valence-electron chi connectivity index (χ1n) is 9.61. The fraction of sp³-hybridized carbons (Fsp3) is 0.421. The number of likely N-dealkylation sites (N-methyl/N-ethyl adjacent to an activating group) is 1. The second-order valence-corrected chi connectivity index (χ2v) is 6.70. The third-order valence-corrected chi connectivity index (χ3v) is 5.00. The molecule has 0 saturated heterocycles. The molecule has 0 aliphatic carbocycles. The molecule has 1 aromatic carbocycles. The summed E-state index contributed by atoms with van der Waals surface area (Å²) >= 11 is 0. The summed E-state index contributed by atoms with van der Waals surface area (Å²) < 4.78 is 3.26. The van der Waals surface area contributed by atoms with Crippen LogP contribution in [0.5, 0.6) is 0 Å². The van der Waals surface area contributed by atoms with Crippen molar-refractivity contribution >= 4 is 28.6 Å². The number of amides is 1. The second-order valence-electron chi connectivity index (χ2n) is 6.70. The fourth-order valence-corrected chi connectivity index (χ4v) is 3.15. The van der Waals surface area contributed by atoms with Crippen LogP contribution in [-0.4, -0.2) is 54.7 Å². The molecule has 0 saturated carbocycles. The summed E-state index contributed by atoms with van der Waals surface area (Å²) in [6.07, 6.45) is 2.37. The number of imidazole rings is 1. The van der Waals surface area contributed by atoms with E-state index in [4.69, 9.17) is 0 Å². The third-order valence-electron chi connectivity index (χ3n) is 5.00. The highest BCUT2D eigenvalue weighted by Gasteiger charge is 2.21. The number of nitrogens with zero attached hydrogens (tertiary/aromatic N) is 6. The highest BCUT2D eigenvalue weighted by molar-refractivity contribution is 5.93. The average Bonchev–Trinajstić information content (AvgIpc) is 3.33. The minimum Gasteiger partial charge on any atom is -0.309 e. The van der Waals surface area contributed by atoms with Gasteiger partial charge >= 0.3 is 5.69 Å². The van der Waals surface area contributed by atoms with E-state index in [0.29, 0.717) is 12.5 Å². The van der Waals surface area contributed by atoms with E-state index in [-0.39, 0.29) is 11.6 Å². The van der Waals surface area contributed by atoms with E-state index in [9.17, 15) is 14.9 Å². The van der Waals surface area contributed by atoms with Gasteiger partial charge in [-0.3, -0.25) is 24.9 Å². The number of carbonyl (C=O) groups excluding carboxylic acids is 1. The fourth-order valence-electron chi connectivity index (χ4n) is 3.15. The van der Waals surface area contributed by atoms with Crippen LogP contribution in [0.4, 0.5) is 11.6 Å². The first-order valence-corrected chi connectivity index (χ1v) is 9.61. The van der Waals surface area contributed by atoms with Crippen LogP contribution < -0.4 is 5.32 Å². The quantitative estimate of drug-likeness (QED) is 0.437. The van der Waals surface area contributed by atoms with Gasteiger partial charge in [0.15, 0.2) is 0 Å². The van der Waals surface area contributed by atoms with Crippen LogP contribution in [0.1, 0.15) is 26.8 Å². The van der Waals surface area contributed by atoms with Crippen molar-refractivity contribution in [3.05, 3.63) is 46.8 Å². The zero-order valence-electron chi connectivity index (χ0n) is 16.8. The average molecular weight is 399 g/mol. The molecule has 1 unspecified atom stereocenters. The van der Waals surface area contributed by atoms with Crippen molar-refractivity contribution in [2.45, 2.75) is 33.4 Å². The molecular formula is C19H25N7O3. The van der Waals surface area contributed by atoms with E-state index >= 15 is 0 Å². The Labute approximate surface area is 168 Å². The molecule has 154 valence electrons. The summed E-state index contributed by atoms with van der Waals surface area (Å²) in [5.74, 6) is 0.110. The van der Waals surface area contributed by atoms with Gasteiger partial charge in [0.25, 0.3) is 5.91 Å². The molecule has 0 aliphatic heterocycles. The molecule has 1 atom stereocenters. The van der Waals surface area contributed by atoms with Crippen LogP contribution in [0.15, 0.2) is 36.7 Å². The molecule has 0 radical (unpaired) electrons. The minimum atomic E-state index is -0.722. The zero-order chi connectivity index (χ0) is 21.0. The Morgan fingerprint density at radius 1 is 1.31 bits per heavy atom. The van der Waals surface area contributed by atoms with E-state index in [2.05, 4.69) is 34.1 Å². The number of rotatable bonds is 9.